The average Bonchev–Trinajstić information content (AvgIpc) is 3.02. The van der Waals surface area contributed by atoms with Crippen LogP contribution in [0.2, 0.25) is 5.02 Å². The van der Waals surface area contributed by atoms with E-state index in [4.69, 9.17) is 11.6 Å². The first-order valence-corrected chi connectivity index (χ1v) is 7.87. The van der Waals surface area contributed by atoms with Crippen molar-refractivity contribution < 1.29 is 0 Å². The van der Waals surface area contributed by atoms with Crippen LogP contribution in [0, 0.1) is 0 Å². The molecule has 1 N–H and O–H groups in total. The van der Waals surface area contributed by atoms with Gasteiger partial charge in [-0.25, -0.2) is 4.98 Å². The molecule has 1 heterocycles. The van der Waals surface area contributed by atoms with E-state index in [0.717, 1.165) is 33.2 Å². The van der Waals surface area contributed by atoms with E-state index in [2.05, 4.69) is 34.6 Å². The third-order valence-electron chi connectivity index (χ3n) is 3.75. The fourth-order valence-electron chi connectivity index (χ4n) is 2.81. The van der Waals surface area contributed by atoms with Crippen molar-refractivity contribution in [1.29, 1.82) is 0 Å². The Kier molecular flexibility index (Phi) is 2.90. The Balaban J connectivity index is 1.59. The third-order valence-corrected chi connectivity index (χ3v) is 5.21. The van der Waals surface area contributed by atoms with E-state index in [-0.39, 0.29) is 0 Å². The predicted octanol–water partition coefficient (Wildman–Crippen LogP) is 4.53. The number of nitrogens with one attached hydrogen (secondary N) is 1. The molecule has 3 aromatic rings. The molecule has 0 spiro atoms. The van der Waals surface area contributed by atoms with Crippen LogP contribution >= 0.6 is 22.9 Å². The number of halogens is 1. The molecule has 100 valence electrons. The van der Waals surface area contributed by atoms with Crippen molar-refractivity contribution in [3.63, 3.8) is 0 Å². The van der Waals surface area contributed by atoms with Crippen molar-refractivity contribution in [2.75, 3.05) is 5.32 Å². The zero-order valence-corrected chi connectivity index (χ0v) is 12.3. The molecule has 0 atom stereocenters. The standard InChI is InChI=1S/C16H13ClN2S/c17-13-6-3-7-14-15(13)20-16(19-14)18-12-8-10-4-1-2-5-11(10)9-12/h1-7,12H,8-9H2,(H,18,19). The van der Waals surface area contributed by atoms with Gasteiger partial charge in [0.1, 0.15) is 0 Å². The molecule has 1 aliphatic rings. The second kappa shape index (κ2) is 4.76. The Morgan fingerprint density at radius 1 is 1.05 bits per heavy atom. The van der Waals surface area contributed by atoms with E-state index in [1.165, 1.54) is 11.1 Å². The van der Waals surface area contributed by atoms with Crippen LogP contribution in [-0.4, -0.2) is 11.0 Å². The molecule has 2 nitrogen and oxygen atoms in total. The summed E-state index contributed by atoms with van der Waals surface area (Å²) in [7, 11) is 0. The lowest BCUT2D eigenvalue weighted by atomic mass is 10.1. The summed E-state index contributed by atoms with van der Waals surface area (Å²) >= 11 is 7.84. The summed E-state index contributed by atoms with van der Waals surface area (Å²) in [6.07, 6.45) is 2.14. The highest BCUT2D eigenvalue weighted by Crippen LogP contribution is 2.33. The molecule has 2 aromatic carbocycles. The fourth-order valence-corrected chi connectivity index (χ4v) is 4.04. The highest BCUT2D eigenvalue weighted by molar-refractivity contribution is 7.22. The summed E-state index contributed by atoms with van der Waals surface area (Å²) in [5.74, 6) is 0. The topological polar surface area (TPSA) is 24.9 Å². The maximum Gasteiger partial charge on any atom is 0.184 e. The number of benzene rings is 2. The lowest BCUT2D eigenvalue weighted by molar-refractivity contribution is 0.773. The van der Waals surface area contributed by atoms with Gasteiger partial charge in [-0.15, -0.1) is 0 Å². The number of anilines is 1. The van der Waals surface area contributed by atoms with Gasteiger partial charge in [0.15, 0.2) is 5.13 Å². The van der Waals surface area contributed by atoms with Crippen molar-refractivity contribution in [2.45, 2.75) is 18.9 Å². The van der Waals surface area contributed by atoms with E-state index < -0.39 is 0 Å². The average molecular weight is 301 g/mol. The Morgan fingerprint density at radius 2 is 1.80 bits per heavy atom. The van der Waals surface area contributed by atoms with Crippen molar-refractivity contribution in [3.8, 4) is 0 Å². The molecule has 1 aromatic heterocycles. The van der Waals surface area contributed by atoms with Crippen LogP contribution in [0.15, 0.2) is 42.5 Å². The maximum atomic E-state index is 6.20. The SMILES string of the molecule is Clc1cccc2nc(NC3Cc4ccccc4C3)sc12. The number of aromatic nitrogens is 1. The van der Waals surface area contributed by atoms with Crippen LogP contribution in [0.5, 0.6) is 0 Å². The van der Waals surface area contributed by atoms with Gasteiger partial charge >= 0.3 is 0 Å². The number of hydrogen-bond acceptors (Lipinski definition) is 3. The Morgan fingerprint density at radius 3 is 2.50 bits per heavy atom. The summed E-state index contributed by atoms with van der Waals surface area (Å²) in [6, 6.07) is 14.9. The molecule has 20 heavy (non-hydrogen) atoms. The molecule has 4 heteroatoms. The first-order valence-electron chi connectivity index (χ1n) is 6.68. The minimum Gasteiger partial charge on any atom is -0.358 e. The second-order valence-electron chi connectivity index (χ2n) is 5.13. The monoisotopic (exact) mass is 300 g/mol. The molecular weight excluding hydrogens is 288 g/mol. The molecule has 0 saturated carbocycles. The summed E-state index contributed by atoms with van der Waals surface area (Å²) < 4.78 is 1.06. The first-order chi connectivity index (χ1) is 9.79. The van der Waals surface area contributed by atoms with Crippen LogP contribution in [-0.2, 0) is 12.8 Å². The number of rotatable bonds is 2. The number of nitrogens with zero attached hydrogens (tertiary/aromatic N) is 1. The molecule has 0 unspecified atom stereocenters. The molecule has 0 fully saturated rings. The van der Waals surface area contributed by atoms with E-state index in [1.807, 2.05) is 18.2 Å². The molecular formula is C16H13ClN2S. The van der Waals surface area contributed by atoms with Crippen LogP contribution in [0.1, 0.15) is 11.1 Å². The number of fused-ring (bicyclic) bond motifs is 2. The Bertz CT molecular complexity index is 756. The molecule has 0 saturated heterocycles. The van der Waals surface area contributed by atoms with Crippen molar-refractivity contribution in [3.05, 3.63) is 58.6 Å². The van der Waals surface area contributed by atoms with E-state index in [0.29, 0.717) is 6.04 Å². The molecule has 0 amide bonds. The highest BCUT2D eigenvalue weighted by Gasteiger charge is 2.21. The third kappa shape index (κ3) is 2.07. The smallest absolute Gasteiger partial charge is 0.184 e. The van der Waals surface area contributed by atoms with E-state index in [1.54, 1.807) is 11.3 Å². The number of hydrogen-bond donors (Lipinski definition) is 1. The van der Waals surface area contributed by atoms with Crippen molar-refractivity contribution in [2.24, 2.45) is 0 Å². The summed E-state index contributed by atoms with van der Waals surface area (Å²) in [6.45, 7) is 0. The second-order valence-corrected chi connectivity index (χ2v) is 6.53. The lowest BCUT2D eigenvalue weighted by Crippen LogP contribution is -2.19. The zero-order valence-electron chi connectivity index (χ0n) is 10.8. The molecule has 0 bridgehead atoms. The molecule has 0 radical (unpaired) electrons. The molecule has 0 aliphatic heterocycles. The van der Waals surface area contributed by atoms with E-state index in [9.17, 15) is 0 Å². The first kappa shape index (κ1) is 12.2. The van der Waals surface area contributed by atoms with Gasteiger partial charge in [-0.2, -0.15) is 0 Å². The Labute approximate surface area is 126 Å². The van der Waals surface area contributed by atoms with Gasteiger partial charge in [-0.1, -0.05) is 53.3 Å². The number of thiazole rings is 1. The zero-order chi connectivity index (χ0) is 13.5. The molecule has 1 aliphatic carbocycles. The van der Waals surface area contributed by atoms with Gasteiger partial charge < -0.3 is 5.32 Å². The Hall–Kier alpha value is -1.58. The predicted molar refractivity (Wildman–Crippen MR) is 85.9 cm³/mol. The molecule has 4 rings (SSSR count). The van der Waals surface area contributed by atoms with Gasteiger partial charge in [0, 0.05) is 6.04 Å². The van der Waals surface area contributed by atoms with Crippen LogP contribution in [0.25, 0.3) is 10.2 Å². The van der Waals surface area contributed by atoms with Crippen LogP contribution in [0.4, 0.5) is 5.13 Å². The maximum absolute atomic E-state index is 6.20. The van der Waals surface area contributed by atoms with E-state index >= 15 is 0 Å². The van der Waals surface area contributed by atoms with Crippen LogP contribution in [0.3, 0.4) is 0 Å². The summed E-state index contributed by atoms with van der Waals surface area (Å²) in [5, 5.41) is 5.30. The summed E-state index contributed by atoms with van der Waals surface area (Å²) in [5.41, 5.74) is 3.87. The quantitative estimate of drug-likeness (QED) is 0.752. The van der Waals surface area contributed by atoms with Crippen molar-refractivity contribution in [1.82, 2.24) is 4.98 Å². The van der Waals surface area contributed by atoms with Crippen molar-refractivity contribution >= 4 is 38.3 Å². The largest absolute Gasteiger partial charge is 0.358 e. The minimum absolute atomic E-state index is 0.437. The minimum atomic E-state index is 0.437. The van der Waals surface area contributed by atoms with Crippen LogP contribution < -0.4 is 5.32 Å². The lowest BCUT2D eigenvalue weighted by Gasteiger charge is -2.09. The highest BCUT2D eigenvalue weighted by atomic mass is 35.5. The van der Waals surface area contributed by atoms with Gasteiger partial charge in [-0.05, 0) is 36.1 Å². The fraction of sp³-hybridized carbons (Fsp3) is 0.188. The van der Waals surface area contributed by atoms with Gasteiger partial charge in [0.25, 0.3) is 0 Å². The van der Waals surface area contributed by atoms with Gasteiger partial charge in [0.2, 0.25) is 0 Å². The summed E-state index contributed by atoms with van der Waals surface area (Å²) in [4.78, 5) is 4.62. The normalized spacial score (nSPS) is 14.7. The van der Waals surface area contributed by atoms with Gasteiger partial charge in [0.05, 0.1) is 15.2 Å². The van der Waals surface area contributed by atoms with Gasteiger partial charge in [-0.3, -0.25) is 0 Å².